The van der Waals surface area contributed by atoms with Crippen LogP contribution in [0, 0.1) is 13.8 Å². The monoisotopic (exact) mass is 274 g/mol. The number of rotatable bonds is 3. The van der Waals surface area contributed by atoms with Crippen LogP contribution < -0.4 is 5.32 Å². The van der Waals surface area contributed by atoms with Crippen molar-refractivity contribution < 1.29 is 0 Å². The van der Waals surface area contributed by atoms with Crippen molar-refractivity contribution in [2.45, 2.75) is 65.6 Å². The highest BCUT2D eigenvalue weighted by Gasteiger charge is 2.38. The van der Waals surface area contributed by atoms with Crippen molar-refractivity contribution in [1.82, 2.24) is 10.2 Å². The second-order valence-electron chi connectivity index (χ2n) is 7.35. The first-order chi connectivity index (χ1) is 9.26. The van der Waals surface area contributed by atoms with Crippen LogP contribution in [0.4, 0.5) is 0 Å². The number of aryl methyl sites for hydroxylation is 2. The van der Waals surface area contributed by atoms with E-state index in [1.54, 1.807) is 0 Å². The highest BCUT2D eigenvalue weighted by Crippen LogP contribution is 2.27. The van der Waals surface area contributed by atoms with E-state index in [2.05, 4.69) is 70.0 Å². The van der Waals surface area contributed by atoms with E-state index >= 15 is 0 Å². The first-order valence-electron chi connectivity index (χ1n) is 7.82. The van der Waals surface area contributed by atoms with Crippen LogP contribution in [0.3, 0.4) is 0 Å². The van der Waals surface area contributed by atoms with E-state index in [-0.39, 0.29) is 11.1 Å². The van der Waals surface area contributed by atoms with Gasteiger partial charge in [-0.3, -0.25) is 4.90 Å². The molecule has 0 amide bonds. The van der Waals surface area contributed by atoms with Crippen molar-refractivity contribution in [3.63, 3.8) is 0 Å². The predicted octanol–water partition coefficient (Wildman–Crippen LogP) is 3.66. The average Bonchev–Trinajstić information content (AvgIpc) is 2.39. The molecule has 1 unspecified atom stereocenters. The Morgan fingerprint density at radius 1 is 1.15 bits per heavy atom. The SMILES string of the molecule is CCC1(C)CN(Cc2ccc(C)c(C)c2)C(C)(C)CN1. The third-order valence-electron chi connectivity index (χ3n) is 5.07. The molecule has 20 heavy (non-hydrogen) atoms. The smallest absolute Gasteiger partial charge is 0.0282 e. The Morgan fingerprint density at radius 3 is 2.45 bits per heavy atom. The Balaban J connectivity index is 2.18. The first-order valence-corrected chi connectivity index (χ1v) is 7.82. The van der Waals surface area contributed by atoms with Gasteiger partial charge in [0, 0.05) is 30.7 Å². The molecule has 2 heteroatoms. The lowest BCUT2D eigenvalue weighted by atomic mass is 9.88. The Kier molecular flexibility index (Phi) is 4.27. The third kappa shape index (κ3) is 3.24. The van der Waals surface area contributed by atoms with Crippen LogP contribution in [0.2, 0.25) is 0 Å². The van der Waals surface area contributed by atoms with E-state index in [1.807, 2.05) is 0 Å². The molecular formula is C18H30N2. The van der Waals surface area contributed by atoms with Gasteiger partial charge in [-0.05, 0) is 57.7 Å². The molecule has 2 nitrogen and oxygen atoms in total. The van der Waals surface area contributed by atoms with Gasteiger partial charge in [-0.15, -0.1) is 0 Å². The quantitative estimate of drug-likeness (QED) is 0.905. The van der Waals surface area contributed by atoms with Gasteiger partial charge in [0.2, 0.25) is 0 Å². The van der Waals surface area contributed by atoms with Crippen LogP contribution >= 0.6 is 0 Å². The molecule has 1 aliphatic heterocycles. The molecule has 1 saturated heterocycles. The van der Waals surface area contributed by atoms with E-state index in [4.69, 9.17) is 0 Å². The van der Waals surface area contributed by atoms with E-state index in [0.29, 0.717) is 0 Å². The lowest BCUT2D eigenvalue weighted by Crippen LogP contribution is -2.66. The highest BCUT2D eigenvalue weighted by molar-refractivity contribution is 5.30. The third-order valence-corrected chi connectivity index (χ3v) is 5.07. The lowest BCUT2D eigenvalue weighted by molar-refractivity contribution is 0.0246. The van der Waals surface area contributed by atoms with Crippen LogP contribution in [0.15, 0.2) is 18.2 Å². The molecule has 1 aromatic rings. The summed E-state index contributed by atoms with van der Waals surface area (Å²) in [6.07, 6.45) is 1.17. The summed E-state index contributed by atoms with van der Waals surface area (Å²) in [5.41, 5.74) is 4.67. The molecular weight excluding hydrogens is 244 g/mol. The Labute approximate surface area is 124 Å². The summed E-state index contributed by atoms with van der Waals surface area (Å²) in [6, 6.07) is 6.87. The fourth-order valence-electron chi connectivity index (χ4n) is 2.86. The molecule has 1 aromatic carbocycles. The van der Waals surface area contributed by atoms with Gasteiger partial charge in [0.05, 0.1) is 0 Å². The van der Waals surface area contributed by atoms with Crippen LogP contribution in [-0.2, 0) is 6.54 Å². The van der Waals surface area contributed by atoms with Crippen molar-refractivity contribution in [3.8, 4) is 0 Å². The van der Waals surface area contributed by atoms with E-state index < -0.39 is 0 Å². The van der Waals surface area contributed by atoms with Crippen molar-refractivity contribution in [2.24, 2.45) is 0 Å². The van der Waals surface area contributed by atoms with Gasteiger partial charge in [-0.2, -0.15) is 0 Å². The molecule has 0 saturated carbocycles. The van der Waals surface area contributed by atoms with E-state index in [0.717, 1.165) is 19.6 Å². The van der Waals surface area contributed by atoms with Crippen LogP contribution in [0.5, 0.6) is 0 Å². The molecule has 1 heterocycles. The summed E-state index contributed by atoms with van der Waals surface area (Å²) in [5.74, 6) is 0. The molecule has 1 aliphatic rings. The van der Waals surface area contributed by atoms with Crippen molar-refractivity contribution >= 4 is 0 Å². The largest absolute Gasteiger partial charge is 0.308 e. The molecule has 1 atom stereocenters. The predicted molar refractivity (Wildman–Crippen MR) is 87.1 cm³/mol. The van der Waals surface area contributed by atoms with Gasteiger partial charge in [-0.25, -0.2) is 0 Å². The number of nitrogens with one attached hydrogen (secondary N) is 1. The molecule has 0 aliphatic carbocycles. The van der Waals surface area contributed by atoms with Crippen LogP contribution in [-0.4, -0.2) is 29.1 Å². The fraction of sp³-hybridized carbons (Fsp3) is 0.667. The Morgan fingerprint density at radius 2 is 1.85 bits per heavy atom. The highest BCUT2D eigenvalue weighted by atomic mass is 15.3. The van der Waals surface area contributed by atoms with Crippen LogP contribution in [0.25, 0.3) is 0 Å². The van der Waals surface area contributed by atoms with Crippen molar-refractivity contribution in [2.75, 3.05) is 13.1 Å². The van der Waals surface area contributed by atoms with Gasteiger partial charge in [0.25, 0.3) is 0 Å². The normalized spacial score (nSPS) is 26.7. The molecule has 0 spiro atoms. The molecule has 0 aromatic heterocycles. The molecule has 1 N–H and O–H groups in total. The van der Waals surface area contributed by atoms with Gasteiger partial charge in [-0.1, -0.05) is 25.1 Å². The Hall–Kier alpha value is -0.860. The van der Waals surface area contributed by atoms with Gasteiger partial charge < -0.3 is 5.32 Å². The maximum atomic E-state index is 3.73. The fourth-order valence-corrected chi connectivity index (χ4v) is 2.86. The zero-order chi connectivity index (χ0) is 15.0. The maximum Gasteiger partial charge on any atom is 0.0282 e. The topological polar surface area (TPSA) is 15.3 Å². The summed E-state index contributed by atoms with van der Waals surface area (Å²) in [4.78, 5) is 2.64. The molecule has 0 bridgehead atoms. The van der Waals surface area contributed by atoms with E-state index in [9.17, 15) is 0 Å². The summed E-state index contributed by atoms with van der Waals surface area (Å²) < 4.78 is 0. The second-order valence-corrected chi connectivity index (χ2v) is 7.35. The molecule has 1 fully saturated rings. The average molecular weight is 274 g/mol. The lowest BCUT2D eigenvalue weighted by Gasteiger charge is -2.50. The first kappa shape index (κ1) is 15.5. The Bertz CT molecular complexity index is 478. The van der Waals surface area contributed by atoms with Crippen molar-refractivity contribution in [1.29, 1.82) is 0 Å². The van der Waals surface area contributed by atoms with Crippen LogP contribution in [0.1, 0.15) is 50.8 Å². The number of hydrogen-bond acceptors (Lipinski definition) is 2. The van der Waals surface area contributed by atoms with E-state index in [1.165, 1.54) is 23.1 Å². The number of hydrogen-bond donors (Lipinski definition) is 1. The van der Waals surface area contributed by atoms with Gasteiger partial charge in [0.15, 0.2) is 0 Å². The van der Waals surface area contributed by atoms with Crippen molar-refractivity contribution in [3.05, 3.63) is 34.9 Å². The van der Waals surface area contributed by atoms with Gasteiger partial charge in [0.1, 0.15) is 0 Å². The standard InChI is InChI=1S/C18H30N2/c1-7-18(6)13-20(17(4,5)12-19-18)11-16-9-8-14(2)15(3)10-16/h8-10,19H,7,11-13H2,1-6H3. The minimum atomic E-state index is 0.216. The zero-order valence-electron chi connectivity index (χ0n) is 14.0. The number of nitrogens with zero attached hydrogens (tertiary/aromatic N) is 1. The second kappa shape index (κ2) is 5.50. The maximum absolute atomic E-state index is 3.73. The minimum Gasteiger partial charge on any atom is -0.308 e. The molecule has 0 radical (unpaired) electrons. The summed E-state index contributed by atoms with van der Waals surface area (Å²) >= 11 is 0. The molecule has 112 valence electrons. The van der Waals surface area contributed by atoms with Gasteiger partial charge >= 0.3 is 0 Å². The number of benzene rings is 1. The summed E-state index contributed by atoms with van der Waals surface area (Å²) in [5, 5.41) is 3.73. The minimum absolute atomic E-state index is 0.216. The summed E-state index contributed by atoms with van der Waals surface area (Å²) in [6.45, 7) is 16.9. The summed E-state index contributed by atoms with van der Waals surface area (Å²) in [7, 11) is 0. The number of piperazine rings is 1. The molecule has 2 rings (SSSR count). The zero-order valence-corrected chi connectivity index (χ0v) is 14.0.